The maximum atomic E-state index is 10.8. The average Bonchev–Trinajstić information content (AvgIpc) is 2.46. The molecule has 0 saturated carbocycles. The van der Waals surface area contributed by atoms with Crippen LogP contribution in [-0.2, 0) is 9.53 Å². The molecule has 0 unspecified atom stereocenters. The molecule has 20 heavy (non-hydrogen) atoms. The lowest BCUT2D eigenvalue weighted by atomic mass is 10.1. The van der Waals surface area contributed by atoms with Crippen molar-refractivity contribution in [3.8, 4) is 0 Å². The molecule has 0 aliphatic rings. The average molecular weight is 288 g/mol. The van der Waals surface area contributed by atoms with Gasteiger partial charge in [0.25, 0.3) is 0 Å². The number of carbonyl (C=O) groups excluding carboxylic acids is 2. The van der Waals surface area contributed by atoms with Gasteiger partial charge in [0, 0.05) is 20.2 Å². The molecule has 0 spiro atoms. The van der Waals surface area contributed by atoms with Crippen LogP contribution in [0.15, 0.2) is 0 Å². The zero-order valence-electron chi connectivity index (χ0n) is 13.6. The second kappa shape index (κ2) is 17.9. The summed E-state index contributed by atoms with van der Waals surface area (Å²) in [4.78, 5) is 21.4. The van der Waals surface area contributed by atoms with Crippen LogP contribution in [-0.4, -0.2) is 38.6 Å². The van der Waals surface area contributed by atoms with Crippen molar-refractivity contribution in [3.05, 3.63) is 0 Å². The van der Waals surface area contributed by atoms with Crippen LogP contribution in [0.25, 0.3) is 0 Å². The van der Waals surface area contributed by atoms with Crippen LogP contribution < -0.4 is 10.6 Å². The third-order valence-electron chi connectivity index (χ3n) is 2.53. The number of urea groups is 1. The number of nitrogens with one attached hydrogen (secondary N) is 2. The summed E-state index contributed by atoms with van der Waals surface area (Å²) in [6.45, 7) is 7.19. The third-order valence-corrected chi connectivity index (χ3v) is 2.53. The van der Waals surface area contributed by atoms with E-state index in [0.717, 1.165) is 32.2 Å². The molecule has 0 radical (unpaired) electrons. The van der Waals surface area contributed by atoms with Gasteiger partial charge in [0.2, 0.25) is 0 Å². The molecule has 0 aliphatic carbocycles. The lowest BCUT2D eigenvalue weighted by Gasteiger charge is -2.04. The van der Waals surface area contributed by atoms with Gasteiger partial charge in [-0.15, -0.1) is 0 Å². The van der Waals surface area contributed by atoms with Crippen molar-refractivity contribution in [1.82, 2.24) is 10.6 Å². The summed E-state index contributed by atoms with van der Waals surface area (Å²) >= 11 is 0. The number of hydrogen-bond donors (Lipinski definition) is 2. The topological polar surface area (TPSA) is 67.4 Å². The highest BCUT2D eigenvalue weighted by molar-refractivity contribution is 5.76. The van der Waals surface area contributed by atoms with Gasteiger partial charge < -0.3 is 15.4 Å². The van der Waals surface area contributed by atoms with Crippen LogP contribution in [0.3, 0.4) is 0 Å². The standard InChI is InChI=1S/C13H26N2O3.C2H6/c1-12(16)11-18-10-8-6-4-3-5-7-9-15-13(17)14-2;1-2/h3-11H2,1-2H3,(H2,14,15,17);1-2H3. The number of rotatable bonds is 11. The molecule has 0 aromatic carbocycles. The van der Waals surface area contributed by atoms with Gasteiger partial charge in [0.1, 0.15) is 6.61 Å². The van der Waals surface area contributed by atoms with Gasteiger partial charge in [-0.25, -0.2) is 4.79 Å². The lowest BCUT2D eigenvalue weighted by Crippen LogP contribution is -2.33. The Morgan fingerprint density at radius 1 is 0.950 bits per heavy atom. The molecule has 0 heterocycles. The molecule has 0 aromatic rings. The Hall–Kier alpha value is -1.10. The molecule has 0 atom stereocenters. The molecular weight excluding hydrogens is 256 g/mol. The summed E-state index contributed by atoms with van der Waals surface area (Å²) in [6, 6.07) is -0.113. The number of Topliss-reactive ketones (excluding diaryl/α,β-unsaturated/α-hetero) is 1. The van der Waals surface area contributed by atoms with Crippen molar-refractivity contribution >= 4 is 11.8 Å². The van der Waals surface area contributed by atoms with Gasteiger partial charge in [-0.3, -0.25) is 4.79 Å². The Balaban J connectivity index is 0. The fraction of sp³-hybridized carbons (Fsp3) is 0.867. The number of carbonyl (C=O) groups is 2. The first kappa shape index (κ1) is 21.2. The largest absolute Gasteiger partial charge is 0.374 e. The molecule has 5 nitrogen and oxygen atoms in total. The maximum Gasteiger partial charge on any atom is 0.314 e. The van der Waals surface area contributed by atoms with Crippen molar-refractivity contribution < 1.29 is 14.3 Å². The quantitative estimate of drug-likeness (QED) is 0.574. The Kier molecular flexibility index (Phi) is 19.0. The van der Waals surface area contributed by atoms with Gasteiger partial charge >= 0.3 is 6.03 Å². The van der Waals surface area contributed by atoms with Crippen LogP contribution >= 0.6 is 0 Å². The molecular formula is C15H32N2O3. The van der Waals surface area contributed by atoms with Gasteiger partial charge in [-0.1, -0.05) is 39.5 Å². The fourth-order valence-electron chi connectivity index (χ4n) is 1.54. The van der Waals surface area contributed by atoms with Crippen molar-refractivity contribution in [2.75, 3.05) is 26.8 Å². The molecule has 120 valence electrons. The van der Waals surface area contributed by atoms with E-state index in [2.05, 4.69) is 10.6 Å². The molecule has 0 aliphatic heterocycles. The van der Waals surface area contributed by atoms with E-state index >= 15 is 0 Å². The summed E-state index contributed by atoms with van der Waals surface area (Å²) in [5.74, 6) is 0.0821. The molecule has 2 N–H and O–H groups in total. The summed E-state index contributed by atoms with van der Waals surface area (Å²) in [5.41, 5.74) is 0. The highest BCUT2D eigenvalue weighted by atomic mass is 16.5. The SMILES string of the molecule is CC.CNC(=O)NCCCCCCCCOCC(C)=O. The highest BCUT2D eigenvalue weighted by Crippen LogP contribution is 2.05. The number of unbranched alkanes of at least 4 members (excludes halogenated alkanes) is 5. The predicted molar refractivity (Wildman–Crippen MR) is 83.0 cm³/mol. The minimum Gasteiger partial charge on any atom is -0.374 e. The molecule has 0 aromatic heterocycles. The van der Waals surface area contributed by atoms with E-state index < -0.39 is 0 Å². The Morgan fingerprint density at radius 2 is 1.50 bits per heavy atom. The summed E-state index contributed by atoms with van der Waals surface area (Å²) in [7, 11) is 1.61. The van der Waals surface area contributed by atoms with Gasteiger partial charge in [-0.2, -0.15) is 0 Å². The summed E-state index contributed by atoms with van der Waals surface area (Å²) < 4.78 is 5.17. The number of ether oxygens (including phenoxy) is 1. The minimum atomic E-state index is -0.113. The number of ketones is 1. The van der Waals surface area contributed by atoms with Crippen LogP contribution in [0.1, 0.15) is 59.3 Å². The molecule has 0 rings (SSSR count). The Labute approximate surface area is 123 Å². The van der Waals surface area contributed by atoms with Gasteiger partial charge in [-0.05, 0) is 19.8 Å². The predicted octanol–water partition coefficient (Wildman–Crippen LogP) is 2.89. The van der Waals surface area contributed by atoms with E-state index in [0.29, 0.717) is 6.61 Å². The molecule has 0 fully saturated rings. The molecule has 0 bridgehead atoms. The van der Waals surface area contributed by atoms with E-state index in [1.165, 1.54) is 19.8 Å². The maximum absolute atomic E-state index is 10.8. The third kappa shape index (κ3) is 19.2. The van der Waals surface area contributed by atoms with E-state index in [1.807, 2.05) is 13.8 Å². The summed E-state index contributed by atoms with van der Waals surface area (Å²) in [6.07, 6.45) is 6.68. The smallest absolute Gasteiger partial charge is 0.314 e. The van der Waals surface area contributed by atoms with Gasteiger partial charge in [0.05, 0.1) is 0 Å². The normalized spacial score (nSPS) is 9.40. The van der Waals surface area contributed by atoms with Crippen LogP contribution in [0, 0.1) is 0 Å². The number of hydrogen-bond acceptors (Lipinski definition) is 3. The molecule has 5 heteroatoms. The fourth-order valence-corrected chi connectivity index (χ4v) is 1.54. The van der Waals surface area contributed by atoms with Crippen molar-refractivity contribution in [2.24, 2.45) is 0 Å². The van der Waals surface area contributed by atoms with E-state index in [-0.39, 0.29) is 18.4 Å². The molecule has 2 amide bonds. The zero-order valence-corrected chi connectivity index (χ0v) is 13.6. The Bertz CT molecular complexity index is 233. The van der Waals surface area contributed by atoms with Gasteiger partial charge in [0.15, 0.2) is 5.78 Å². The van der Waals surface area contributed by atoms with Crippen LogP contribution in [0.5, 0.6) is 0 Å². The minimum absolute atomic E-state index is 0.0821. The first-order valence-electron chi connectivity index (χ1n) is 7.69. The second-order valence-electron chi connectivity index (χ2n) is 4.38. The lowest BCUT2D eigenvalue weighted by molar-refractivity contribution is -0.121. The highest BCUT2D eigenvalue weighted by Gasteiger charge is 1.96. The molecule has 0 saturated heterocycles. The first-order chi connectivity index (χ1) is 9.66. The first-order valence-corrected chi connectivity index (χ1v) is 7.69. The second-order valence-corrected chi connectivity index (χ2v) is 4.38. The van der Waals surface area contributed by atoms with E-state index in [4.69, 9.17) is 4.74 Å². The van der Waals surface area contributed by atoms with Crippen molar-refractivity contribution in [3.63, 3.8) is 0 Å². The van der Waals surface area contributed by atoms with E-state index in [1.54, 1.807) is 7.05 Å². The zero-order chi connectivity index (χ0) is 15.6. The number of amides is 2. The van der Waals surface area contributed by atoms with Crippen molar-refractivity contribution in [1.29, 1.82) is 0 Å². The van der Waals surface area contributed by atoms with Crippen LogP contribution in [0.2, 0.25) is 0 Å². The monoisotopic (exact) mass is 288 g/mol. The van der Waals surface area contributed by atoms with Crippen molar-refractivity contribution in [2.45, 2.75) is 59.3 Å². The van der Waals surface area contributed by atoms with Crippen LogP contribution in [0.4, 0.5) is 4.79 Å². The summed E-state index contributed by atoms with van der Waals surface area (Å²) in [5, 5.41) is 5.28. The Morgan fingerprint density at radius 3 is 2.05 bits per heavy atom. The van der Waals surface area contributed by atoms with E-state index in [9.17, 15) is 9.59 Å².